The molecule has 2 aromatic rings. The van der Waals surface area contributed by atoms with Gasteiger partial charge in [-0.15, -0.1) is 11.8 Å². The fraction of sp³-hybridized carbons (Fsp3) is 0.364. The van der Waals surface area contributed by atoms with Gasteiger partial charge in [0.05, 0.1) is 11.4 Å². The van der Waals surface area contributed by atoms with Crippen molar-refractivity contribution in [3.05, 3.63) is 48.5 Å². The Morgan fingerprint density at radius 2 is 1.59 bits per heavy atom. The first-order valence-corrected chi connectivity index (χ1v) is 11.8. The molecule has 1 N–H and O–H groups in total. The number of para-hydroxylation sites is 1. The Morgan fingerprint density at radius 3 is 2.21 bits per heavy atom. The van der Waals surface area contributed by atoms with E-state index in [1.165, 1.54) is 0 Å². The van der Waals surface area contributed by atoms with Crippen LogP contribution in [0.25, 0.3) is 0 Å². The minimum absolute atomic E-state index is 0.0183. The van der Waals surface area contributed by atoms with Gasteiger partial charge in [-0.2, -0.15) is 11.8 Å². The number of hydrogen-bond acceptors (Lipinski definition) is 5. The lowest BCUT2D eigenvalue weighted by Crippen LogP contribution is -2.39. The summed E-state index contributed by atoms with van der Waals surface area (Å²) in [6, 6.07) is 15.4. The van der Waals surface area contributed by atoms with Crippen molar-refractivity contribution in [1.82, 2.24) is 0 Å². The van der Waals surface area contributed by atoms with Crippen molar-refractivity contribution in [1.29, 1.82) is 0 Å². The van der Waals surface area contributed by atoms with Gasteiger partial charge in [0.1, 0.15) is 6.54 Å². The minimum Gasteiger partial charge on any atom is -0.378 e. The van der Waals surface area contributed by atoms with Crippen molar-refractivity contribution in [2.45, 2.75) is 18.7 Å². The largest absolute Gasteiger partial charge is 0.378 e. The maximum Gasteiger partial charge on any atom is 0.244 e. The number of thioether (sulfide) groups is 2. The van der Waals surface area contributed by atoms with Crippen molar-refractivity contribution >= 4 is 52.4 Å². The highest BCUT2D eigenvalue weighted by molar-refractivity contribution is 8.00. The zero-order valence-electron chi connectivity index (χ0n) is 17.5. The third-order valence-electron chi connectivity index (χ3n) is 4.17. The van der Waals surface area contributed by atoms with Crippen LogP contribution in [0.3, 0.4) is 0 Å². The molecule has 2 amide bonds. The predicted octanol–water partition coefficient (Wildman–Crippen LogP) is 4.59. The lowest BCUT2D eigenvalue weighted by atomic mass is 10.2. The average molecular weight is 432 g/mol. The van der Waals surface area contributed by atoms with Gasteiger partial charge in [-0.05, 0) is 47.9 Å². The van der Waals surface area contributed by atoms with Crippen LogP contribution in [0.5, 0.6) is 0 Å². The molecule has 0 fully saturated rings. The van der Waals surface area contributed by atoms with E-state index in [2.05, 4.69) is 12.2 Å². The van der Waals surface area contributed by atoms with Crippen LogP contribution in [-0.4, -0.2) is 49.7 Å². The molecule has 0 bridgehead atoms. The molecule has 29 heavy (non-hydrogen) atoms. The number of amides is 2. The molecular weight excluding hydrogens is 402 g/mol. The summed E-state index contributed by atoms with van der Waals surface area (Å²) < 4.78 is 0. The fourth-order valence-electron chi connectivity index (χ4n) is 2.71. The molecule has 0 aliphatic carbocycles. The van der Waals surface area contributed by atoms with Crippen molar-refractivity contribution in [2.24, 2.45) is 0 Å². The van der Waals surface area contributed by atoms with E-state index in [1.54, 1.807) is 28.4 Å². The summed E-state index contributed by atoms with van der Waals surface area (Å²) >= 11 is 3.23. The monoisotopic (exact) mass is 431 g/mol. The highest BCUT2D eigenvalue weighted by Gasteiger charge is 2.20. The highest BCUT2D eigenvalue weighted by Crippen LogP contribution is 2.27. The van der Waals surface area contributed by atoms with Crippen molar-refractivity contribution < 1.29 is 9.59 Å². The standard InChI is InChI=1S/C22H29N3O2S2/c1-5-28-16-22(27)25(18-13-11-17(12-14-18)24(3)4)15-21(26)23-19-9-7-8-10-20(19)29-6-2/h7-14H,5-6,15-16H2,1-4H3,(H,23,26). The van der Waals surface area contributed by atoms with Crippen LogP contribution < -0.4 is 15.1 Å². The third kappa shape index (κ3) is 7.01. The number of carbonyl (C=O) groups excluding carboxylic acids is 2. The van der Waals surface area contributed by atoms with E-state index < -0.39 is 0 Å². The second-order valence-electron chi connectivity index (χ2n) is 6.51. The molecular formula is C22H29N3O2S2. The quantitative estimate of drug-likeness (QED) is 0.558. The van der Waals surface area contributed by atoms with Gasteiger partial charge in [0.2, 0.25) is 11.8 Å². The first-order chi connectivity index (χ1) is 14.0. The fourth-order valence-corrected chi connectivity index (χ4v) is 4.00. The minimum atomic E-state index is -0.208. The van der Waals surface area contributed by atoms with Gasteiger partial charge >= 0.3 is 0 Å². The molecule has 0 unspecified atom stereocenters. The Labute approximate surface area is 182 Å². The summed E-state index contributed by atoms with van der Waals surface area (Å²) in [6.45, 7) is 4.07. The number of nitrogens with one attached hydrogen (secondary N) is 1. The third-order valence-corrected chi connectivity index (χ3v) is 5.99. The van der Waals surface area contributed by atoms with Crippen LogP contribution in [0.4, 0.5) is 17.1 Å². The van der Waals surface area contributed by atoms with Gasteiger partial charge < -0.3 is 15.1 Å². The molecule has 156 valence electrons. The van der Waals surface area contributed by atoms with Crippen molar-refractivity contribution in [2.75, 3.05) is 53.0 Å². The zero-order chi connectivity index (χ0) is 21.2. The maximum atomic E-state index is 12.8. The molecule has 7 heteroatoms. The maximum absolute atomic E-state index is 12.8. The SMILES string of the molecule is CCSCC(=O)N(CC(=O)Nc1ccccc1SCC)c1ccc(N(C)C)cc1. The summed E-state index contributed by atoms with van der Waals surface area (Å²) in [7, 11) is 3.93. The lowest BCUT2D eigenvalue weighted by Gasteiger charge is -2.23. The summed E-state index contributed by atoms with van der Waals surface area (Å²) in [5, 5.41) is 2.97. The van der Waals surface area contributed by atoms with Crippen molar-refractivity contribution in [3.63, 3.8) is 0 Å². The van der Waals surface area contributed by atoms with E-state index in [-0.39, 0.29) is 18.4 Å². The number of anilines is 3. The molecule has 0 radical (unpaired) electrons. The van der Waals surface area contributed by atoms with E-state index in [4.69, 9.17) is 0 Å². The van der Waals surface area contributed by atoms with E-state index in [0.717, 1.165) is 33.5 Å². The Bertz CT molecular complexity index is 810. The molecule has 2 rings (SSSR count). The Hall–Kier alpha value is -2.12. The molecule has 2 aromatic carbocycles. The van der Waals surface area contributed by atoms with Crippen molar-refractivity contribution in [3.8, 4) is 0 Å². The van der Waals surface area contributed by atoms with Gasteiger partial charge in [0, 0.05) is 30.4 Å². The van der Waals surface area contributed by atoms with E-state index in [1.807, 2.05) is 74.4 Å². The number of hydrogen-bond donors (Lipinski definition) is 1. The second-order valence-corrected chi connectivity index (χ2v) is 9.09. The molecule has 0 atom stereocenters. The molecule has 5 nitrogen and oxygen atoms in total. The summed E-state index contributed by atoms with van der Waals surface area (Å²) in [6.07, 6.45) is 0. The lowest BCUT2D eigenvalue weighted by molar-refractivity contribution is -0.120. The molecule has 0 spiro atoms. The normalized spacial score (nSPS) is 10.5. The first-order valence-electron chi connectivity index (χ1n) is 9.63. The molecule has 0 aliphatic rings. The van der Waals surface area contributed by atoms with Gasteiger partial charge in [0.15, 0.2) is 0 Å². The topological polar surface area (TPSA) is 52.7 Å². The molecule has 0 aromatic heterocycles. The van der Waals surface area contributed by atoms with E-state index >= 15 is 0 Å². The summed E-state index contributed by atoms with van der Waals surface area (Å²) in [4.78, 5) is 30.2. The second kappa shape index (κ2) is 11.8. The number of carbonyl (C=O) groups is 2. The van der Waals surface area contributed by atoms with Crippen LogP contribution in [0.1, 0.15) is 13.8 Å². The van der Waals surface area contributed by atoms with Crippen LogP contribution in [0.2, 0.25) is 0 Å². The predicted molar refractivity (Wildman–Crippen MR) is 128 cm³/mol. The van der Waals surface area contributed by atoms with Gasteiger partial charge in [0.25, 0.3) is 0 Å². The summed E-state index contributed by atoms with van der Waals surface area (Å²) in [5.74, 6) is 1.85. The molecule has 0 saturated heterocycles. The Kier molecular flexibility index (Phi) is 9.41. The van der Waals surface area contributed by atoms with Crippen LogP contribution in [0, 0.1) is 0 Å². The zero-order valence-corrected chi connectivity index (χ0v) is 19.1. The van der Waals surface area contributed by atoms with E-state index in [9.17, 15) is 9.59 Å². The van der Waals surface area contributed by atoms with E-state index in [0.29, 0.717) is 5.75 Å². The van der Waals surface area contributed by atoms with Gasteiger partial charge in [-0.1, -0.05) is 26.0 Å². The number of benzene rings is 2. The highest BCUT2D eigenvalue weighted by atomic mass is 32.2. The smallest absolute Gasteiger partial charge is 0.244 e. The van der Waals surface area contributed by atoms with Gasteiger partial charge in [-0.3, -0.25) is 9.59 Å². The Morgan fingerprint density at radius 1 is 0.931 bits per heavy atom. The summed E-state index contributed by atoms with van der Waals surface area (Å²) in [5.41, 5.74) is 2.55. The first kappa shape index (κ1) is 23.2. The molecule has 0 saturated carbocycles. The van der Waals surface area contributed by atoms with Crippen LogP contribution in [-0.2, 0) is 9.59 Å². The van der Waals surface area contributed by atoms with Crippen LogP contribution >= 0.6 is 23.5 Å². The number of nitrogens with zero attached hydrogens (tertiary/aromatic N) is 2. The van der Waals surface area contributed by atoms with Crippen LogP contribution in [0.15, 0.2) is 53.4 Å². The molecule has 0 heterocycles. The molecule has 0 aliphatic heterocycles. The van der Waals surface area contributed by atoms with Gasteiger partial charge in [-0.25, -0.2) is 0 Å². The average Bonchev–Trinajstić information content (AvgIpc) is 2.72. The number of rotatable bonds is 10. The Balaban J connectivity index is 2.18.